The second-order valence-electron chi connectivity index (χ2n) is 7.39. The molecule has 1 rings (SSSR count). The Kier molecular flexibility index (Phi) is 17.7. The minimum atomic E-state index is -4.21. The largest absolute Gasteiger partial charge is 0.514 e. The highest BCUT2D eigenvalue weighted by molar-refractivity contribution is 8.46. The number of ether oxygens (including phenoxy) is 2. The number of rotatable bonds is 21. The summed E-state index contributed by atoms with van der Waals surface area (Å²) in [5.41, 5.74) is 0.857. The van der Waals surface area contributed by atoms with E-state index >= 15 is 0 Å². The van der Waals surface area contributed by atoms with Crippen molar-refractivity contribution in [3.8, 4) is 5.75 Å². The summed E-state index contributed by atoms with van der Waals surface area (Å²) in [6, 6.07) is 7.39. The monoisotopic (exact) mass is 570 g/mol. The van der Waals surface area contributed by atoms with Crippen LogP contribution in [0.5, 0.6) is 5.75 Å². The summed E-state index contributed by atoms with van der Waals surface area (Å²) in [5, 5.41) is 0. The highest BCUT2D eigenvalue weighted by Gasteiger charge is 2.42. The summed E-state index contributed by atoms with van der Waals surface area (Å²) in [6.07, 6.45) is 9.67. The molecule has 1 aromatic carbocycles. The van der Waals surface area contributed by atoms with Gasteiger partial charge in [-0.1, -0.05) is 73.9 Å². The lowest BCUT2D eigenvalue weighted by molar-refractivity contribution is 0.0254. The van der Waals surface area contributed by atoms with Gasteiger partial charge in [0.15, 0.2) is 5.94 Å². The molecule has 3 atom stereocenters. The topological polar surface area (TPSA) is 140 Å². The van der Waals surface area contributed by atoms with Crippen molar-refractivity contribution in [2.75, 3.05) is 25.8 Å². The zero-order valence-electron chi connectivity index (χ0n) is 20.1. The predicted octanol–water partition coefficient (Wildman–Crippen LogP) is 6.32. The fourth-order valence-electron chi connectivity index (χ4n) is 2.84. The van der Waals surface area contributed by atoms with Gasteiger partial charge >= 0.3 is 33.5 Å². The van der Waals surface area contributed by atoms with E-state index in [-0.39, 0.29) is 13.2 Å². The van der Waals surface area contributed by atoms with Gasteiger partial charge in [-0.15, -0.1) is 0 Å². The quantitative estimate of drug-likeness (QED) is 0.101. The van der Waals surface area contributed by atoms with E-state index in [2.05, 4.69) is 11.2 Å². The normalized spacial score (nSPS) is 14.3. The maximum Gasteiger partial charge on any atom is 0.514 e. The molecule has 0 heterocycles. The van der Waals surface area contributed by atoms with Crippen LogP contribution < -0.4 is 10.6 Å². The molecule has 0 bridgehead atoms. The summed E-state index contributed by atoms with van der Waals surface area (Å²) in [4.78, 5) is 0. The molecule has 35 heavy (non-hydrogen) atoms. The van der Waals surface area contributed by atoms with E-state index in [0.29, 0.717) is 12.4 Å². The average Bonchev–Trinajstić information content (AvgIpc) is 2.86. The smallest absolute Gasteiger partial charge is 0.490 e. The summed E-state index contributed by atoms with van der Waals surface area (Å²) >= 11 is 0. The van der Waals surface area contributed by atoms with Gasteiger partial charge in [0, 0.05) is 12.2 Å². The molecule has 0 aliphatic heterocycles. The number of benzene rings is 1. The molecular formula is C21H35NO9P3S+. The molecule has 0 aromatic heterocycles. The van der Waals surface area contributed by atoms with Gasteiger partial charge in [0.1, 0.15) is 18.5 Å². The van der Waals surface area contributed by atoms with Crippen LogP contribution in [0, 0.1) is 0 Å². The van der Waals surface area contributed by atoms with E-state index in [4.69, 9.17) is 24.4 Å². The first kappa shape index (κ1) is 32.2. The van der Waals surface area contributed by atoms with Gasteiger partial charge in [-0.05, 0) is 19.4 Å². The van der Waals surface area contributed by atoms with E-state index in [1.54, 1.807) is 6.07 Å². The molecule has 0 spiro atoms. The standard InChI is InChI=1S/C21H35NO9P3S/c1-3-5-6-7-8-11-15-27-16-20(17-28-21-14-10-9-13-19(21)12-4-2)30-34(33(24)32-23)29-18-35(25,26)31-22/h4,9-10,12-14,20H,3,5-8,11,15-18,22H2,1-2H3/q+1. The Balaban J connectivity index is 2.81. The van der Waals surface area contributed by atoms with Crippen molar-refractivity contribution in [2.45, 2.75) is 58.5 Å². The lowest BCUT2D eigenvalue weighted by Crippen LogP contribution is -2.26. The highest BCUT2D eigenvalue weighted by Crippen LogP contribution is 2.69. The van der Waals surface area contributed by atoms with Crippen molar-refractivity contribution in [2.24, 2.45) is 5.90 Å². The zero-order valence-corrected chi connectivity index (χ0v) is 23.6. The van der Waals surface area contributed by atoms with Crippen molar-refractivity contribution in [3.63, 3.8) is 0 Å². The lowest BCUT2D eigenvalue weighted by atomic mass is 10.1. The first-order chi connectivity index (χ1) is 16.9. The summed E-state index contributed by atoms with van der Waals surface area (Å²) in [7, 11) is -9.84. The van der Waals surface area contributed by atoms with Crippen molar-refractivity contribution in [3.05, 3.63) is 35.9 Å². The van der Waals surface area contributed by atoms with E-state index < -0.39 is 45.6 Å². The Morgan fingerprint density at radius 2 is 1.86 bits per heavy atom. The van der Waals surface area contributed by atoms with Gasteiger partial charge in [-0.2, -0.15) is 18.6 Å². The molecule has 0 saturated heterocycles. The maximum absolute atomic E-state index is 12.2. The van der Waals surface area contributed by atoms with E-state index in [0.717, 1.165) is 24.8 Å². The Hall–Kier alpha value is -0.860. The van der Waals surface area contributed by atoms with Crippen LogP contribution in [0.4, 0.5) is 0 Å². The van der Waals surface area contributed by atoms with Gasteiger partial charge < -0.3 is 9.47 Å². The van der Waals surface area contributed by atoms with E-state index in [1.165, 1.54) is 19.3 Å². The van der Waals surface area contributed by atoms with Crippen LogP contribution in [-0.4, -0.2) is 40.3 Å². The SMILES string of the molecule is CC=Cc1ccccc1OCC(COCCCCCCCC)OP(OCS(=O)(=O)ON)[P+](=O)P=O. The third kappa shape index (κ3) is 14.5. The van der Waals surface area contributed by atoms with E-state index in [1.807, 2.05) is 37.3 Å². The first-order valence-corrected chi connectivity index (χ1v) is 17.5. The summed E-state index contributed by atoms with van der Waals surface area (Å²) in [6.45, 7) is 4.65. The van der Waals surface area contributed by atoms with Gasteiger partial charge in [-0.3, -0.25) is 9.05 Å². The minimum absolute atomic E-state index is 0.00627. The second-order valence-corrected chi connectivity index (χ2v) is 15.1. The van der Waals surface area contributed by atoms with Gasteiger partial charge in [-0.25, -0.2) is 4.57 Å². The molecule has 0 radical (unpaired) electrons. The predicted molar refractivity (Wildman–Crippen MR) is 138 cm³/mol. The Morgan fingerprint density at radius 3 is 2.54 bits per heavy atom. The van der Waals surface area contributed by atoms with Crippen LogP contribution in [0.15, 0.2) is 30.3 Å². The molecule has 0 saturated carbocycles. The number of para-hydroxylation sites is 1. The molecule has 10 nitrogen and oxygen atoms in total. The summed E-state index contributed by atoms with van der Waals surface area (Å²) < 4.78 is 72.8. The fourth-order valence-corrected chi connectivity index (χ4v) is 7.37. The molecule has 1 aromatic rings. The molecule has 0 aliphatic rings. The third-order valence-electron chi connectivity index (χ3n) is 4.54. The van der Waals surface area contributed by atoms with Gasteiger partial charge in [0.05, 0.1) is 6.61 Å². The average molecular weight is 570 g/mol. The van der Waals surface area contributed by atoms with Crippen molar-refractivity contribution < 1.29 is 40.4 Å². The molecule has 0 aliphatic carbocycles. The maximum atomic E-state index is 12.2. The van der Waals surface area contributed by atoms with Crippen LogP contribution in [0.2, 0.25) is 0 Å². The van der Waals surface area contributed by atoms with Crippen LogP contribution in [-0.2, 0) is 37.3 Å². The van der Waals surface area contributed by atoms with Crippen molar-refractivity contribution in [1.29, 1.82) is 0 Å². The number of allylic oxidation sites excluding steroid dienone is 1. The Morgan fingerprint density at radius 1 is 1.14 bits per heavy atom. The van der Waals surface area contributed by atoms with Crippen LogP contribution in [0.25, 0.3) is 6.08 Å². The van der Waals surface area contributed by atoms with E-state index in [9.17, 15) is 17.5 Å². The molecular weight excluding hydrogens is 535 g/mol. The lowest BCUT2D eigenvalue weighted by Gasteiger charge is -2.19. The molecule has 3 unspecified atom stereocenters. The molecule has 198 valence electrons. The molecule has 14 heteroatoms. The van der Waals surface area contributed by atoms with Gasteiger partial charge in [0.25, 0.3) is 0 Å². The number of hydrogen-bond acceptors (Lipinski definition) is 10. The van der Waals surface area contributed by atoms with Gasteiger partial charge in [0.2, 0.25) is 0 Å². The Labute approximate surface area is 211 Å². The van der Waals surface area contributed by atoms with Crippen LogP contribution in [0.1, 0.15) is 57.9 Å². The van der Waals surface area contributed by atoms with Crippen molar-refractivity contribution in [1.82, 2.24) is 0 Å². The number of hydrogen-bond donors (Lipinski definition) is 1. The van der Waals surface area contributed by atoms with Crippen LogP contribution in [0.3, 0.4) is 0 Å². The highest BCUT2D eigenvalue weighted by atomic mass is 32.4. The first-order valence-electron chi connectivity index (χ1n) is 11.3. The van der Waals surface area contributed by atoms with Crippen LogP contribution >= 0.6 is 23.4 Å². The Bertz CT molecular complexity index is 887. The molecule has 0 amide bonds. The fraction of sp³-hybridized carbons (Fsp3) is 0.619. The summed E-state index contributed by atoms with van der Waals surface area (Å²) in [5.74, 6) is 4.31. The molecule has 2 N–H and O–H groups in total. The minimum Gasteiger partial charge on any atom is -0.490 e. The number of nitrogens with two attached hydrogens (primary N) is 1. The number of unbranched alkanes of at least 4 members (excludes halogenated alkanes) is 5. The van der Waals surface area contributed by atoms with Crippen molar-refractivity contribution >= 4 is 39.6 Å². The zero-order chi connectivity index (χ0) is 25.9. The third-order valence-corrected chi connectivity index (χ3v) is 10.5. The second kappa shape index (κ2) is 19.3. The molecule has 0 fully saturated rings.